The van der Waals surface area contributed by atoms with Crippen molar-refractivity contribution in [3.63, 3.8) is 0 Å². The molecule has 4 heteroatoms. The van der Waals surface area contributed by atoms with E-state index in [1.165, 1.54) is 0 Å². The van der Waals surface area contributed by atoms with Crippen molar-refractivity contribution in [3.05, 3.63) is 29.8 Å². The Morgan fingerprint density at radius 3 is 2.59 bits per heavy atom. The van der Waals surface area contributed by atoms with E-state index in [-0.39, 0.29) is 5.91 Å². The van der Waals surface area contributed by atoms with Crippen LogP contribution in [0.25, 0.3) is 0 Å². The largest absolute Gasteiger partial charge is 0.497 e. The summed E-state index contributed by atoms with van der Waals surface area (Å²) in [7, 11) is 1.67. The summed E-state index contributed by atoms with van der Waals surface area (Å²) in [5.41, 5.74) is 1.16. The van der Waals surface area contributed by atoms with Gasteiger partial charge in [-0.1, -0.05) is 26.0 Å². The third-order valence-electron chi connectivity index (χ3n) is 4.11. The highest BCUT2D eigenvalue weighted by Crippen LogP contribution is 2.15. The fraction of sp³-hybridized carbons (Fsp3) is 0.611. The third-order valence-corrected chi connectivity index (χ3v) is 4.11. The molecular weight excluding hydrogens is 276 g/mol. The summed E-state index contributed by atoms with van der Waals surface area (Å²) >= 11 is 0. The molecule has 1 aliphatic heterocycles. The minimum Gasteiger partial charge on any atom is -0.497 e. The first-order valence-electron chi connectivity index (χ1n) is 8.21. The van der Waals surface area contributed by atoms with Gasteiger partial charge in [-0.15, -0.1) is 0 Å². The minimum atomic E-state index is 0.270. The average molecular weight is 304 g/mol. The summed E-state index contributed by atoms with van der Waals surface area (Å²) in [5, 5.41) is 0. The molecule has 1 aliphatic rings. The maximum Gasteiger partial charge on any atom is 0.222 e. The highest BCUT2D eigenvalue weighted by Gasteiger charge is 2.21. The molecule has 0 aromatic heterocycles. The maximum absolute atomic E-state index is 12.3. The summed E-state index contributed by atoms with van der Waals surface area (Å²) in [6.45, 7) is 9.35. The van der Waals surface area contributed by atoms with Crippen LogP contribution in [0.5, 0.6) is 5.75 Å². The smallest absolute Gasteiger partial charge is 0.222 e. The van der Waals surface area contributed by atoms with Crippen LogP contribution in [0.4, 0.5) is 0 Å². The average Bonchev–Trinajstić information content (AvgIpc) is 2.53. The van der Waals surface area contributed by atoms with Crippen LogP contribution in [-0.2, 0) is 11.2 Å². The van der Waals surface area contributed by atoms with Crippen molar-refractivity contribution in [2.75, 3.05) is 39.8 Å². The Morgan fingerprint density at radius 1 is 1.23 bits per heavy atom. The number of hydrogen-bond donors (Lipinski definition) is 0. The molecule has 22 heavy (non-hydrogen) atoms. The number of nitrogens with zero attached hydrogens (tertiary/aromatic N) is 2. The number of methoxy groups -OCH3 is 1. The second-order valence-electron chi connectivity index (χ2n) is 6.43. The van der Waals surface area contributed by atoms with E-state index in [0.717, 1.165) is 50.5 Å². The van der Waals surface area contributed by atoms with E-state index in [1.807, 2.05) is 23.1 Å². The Bertz CT molecular complexity index is 480. The third kappa shape index (κ3) is 5.02. The summed E-state index contributed by atoms with van der Waals surface area (Å²) in [6.07, 6.45) is 1.36. The number of carbonyl (C=O) groups excluding carboxylic acids is 1. The first-order valence-corrected chi connectivity index (χ1v) is 8.21. The Balaban J connectivity index is 1.76. The lowest BCUT2D eigenvalue weighted by molar-refractivity contribution is -0.132. The van der Waals surface area contributed by atoms with Crippen LogP contribution in [0.15, 0.2) is 24.3 Å². The summed E-state index contributed by atoms with van der Waals surface area (Å²) in [5.74, 6) is 1.81. The number of hydrogen-bond acceptors (Lipinski definition) is 3. The number of ether oxygens (including phenoxy) is 1. The van der Waals surface area contributed by atoms with Crippen LogP contribution < -0.4 is 4.74 Å². The second-order valence-corrected chi connectivity index (χ2v) is 6.43. The van der Waals surface area contributed by atoms with Crippen molar-refractivity contribution in [2.24, 2.45) is 5.92 Å². The quantitative estimate of drug-likeness (QED) is 0.809. The standard InChI is InChI=1S/C18H28N2O2/c1-15(2)14-19-9-11-20(12-10-19)18(21)8-7-16-5-4-6-17(13-16)22-3/h4-6,13,15H,7-12,14H2,1-3H3. The minimum absolute atomic E-state index is 0.270. The van der Waals surface area contributed by atoms with Gasteiger partial charge in [0.1, 0.15) is 5.75 Å². The maximum atomic E-state index is 12.3. The number of aryl methyl sites for hydroxylation is 1. The molecule has 0 atom stereocenters. The Kier molecular flexibility index (Phi) is 6.25. The molecule has 0 aliphatic carbocycles. The number of carbonyl (C=O) groups is 1. The number of piperazine rings is 1. The number of benzene rings is 1. The molecule has 1 heterocycles. The van der Waals surface area contributed by atoms with Gasteiger partial charge in [-0.25, -0.2) is 0 Å². The topological polar surface area (TPSA) is 32.8 Å². The van der Waals surface area contributed by atoms with Gasteiger partial charge in [0.2, 0.25) is 5.91 Å². The van der Waals surface area contributed by atoms with E-state index in [9.17, 15) is 4.79 Å². The normalized spacial score (nSPS) is 16.1. The molecule has 0 radical (unpaired) electrons. The van der Waals surface area contributed by atoms with Gasteiger partial charge in [-0.2, -0.15) is 0 Å². The van der Waals surface area contributed by atoms with Gasteiger partial charge < -0.3 is 9.64 Å². The van der Waals surface area contributed by atoms with Crippen LogP contribution in [0.3, 0.4) is 0 Å². The monoisotopic (exact) mass is 304 g/mol. The van der Waals surface area contributed by atoms with E-state index in [4.69, 9.17) is 4.74 Å². The summed E-state index contributed by atoms with van der Waals surface area (Å²) in [4.78, 5) is 16.8. The lowest BCUT2D eigenvalue weighted by Gasteiger charge is -2.35. The molecule has 0 saturated carbocycles. The fourth-order valence-electron chi connectivity index (χ4n) is 2.93. The summed E-state index contributed by atoms with van der Waals surface area (Å²) in [6, 6.07) is 7.97. The number of amides is 1. The molecule has 1 fully saturated rings. The van der Waals surface area contributed by atoms with Crippen molar-refractivity contribution in [3.8, 4) is 5.75 Å². The predicted octanol–water partition coefficient (Wildman–Crippen LogP) is 2.43. The van der Waals surface area contributed by atoms with Gasteiger partial charge >= 0.3 is 0 Å². The van der Waals surface area contributed by atoms with Crippen molar-refractivity contribution in [1.29, 1.82) is 0 Å². The van der Waals surface area contributed by atoms with Gasteiger partial charge in [0, 0.05) is 39.1 Å². The Hall–Kier alpha value is -1.55. The fourth-order valence-corrected chi connectivity index (χ4v) is 2.93. The van der Waals surface area contributed by atoms with E-state index >= 15 is 0 Å². The molecule has 2 rings (SSSR count). The molecule has 0 spiro atoms. The van der Waals surface area contributed by atoms with Crippen LogP contribution in [0, 0.1) is 5.92 Å². The zero-order valence-electron chi connectivity index (χ0n) is 14.0. The predicted molar refractivity (Wildman–Crippen MR) is 89.2 cm³/mol. The highest BCUT2D eigenvalue weighted by atomic mass is 16.5. The molecule has 4 nitrogen and oxygen atoms in total. The molecular formula is C18H28N2O2. The van der Waals surface area contributed by atoms with Gasteiger partial charge in [0.25, 0.3) is 0 Å². The molecule has 1 saturated heterocycles. The molecule has 122 valence electrons. The summed E-state index contributed by atoms with van der Waals surface area (Å²) < 4.78 is 5.22. The van der Waals surface area contributed by atoms with Crippen LogP contribution in [0.1, 0.15) is 25.8 Å². The van der Waals surface area contributed by atoms with Crippen LogP contribution in [0.2, 0.25) is 0 Å². The van der Waals surface area contributed by atoms with E-state index in [1.54, 1.807) is 7.11 Å². The van der Waals surface area contributed by atoms with Crippen molar-refractivity contribution in [2.45, 2.75) is 26.7 Å². The second kappa shape index (κ2) is 8.18. The Morgan fingerprint density at radius 2 is 1.95 bits per heavy atom. The highest BCUT2D eigenvalue weighted by molar-refractivity contribution is 5.76. The number of rotatable bonds is 6. The SMILES string of the molecule is COc1cccc(CCC(=O)N2CCN(CC(C)C)CC2)c1. The molecule has 1 aromatic rings. The van der Waals surface area contributed by atoms with Gasteiger partial charge in [0.05, 0.1) is 7.11 Å². The van der Waals surface area contributed by atoms with Gasteiger partial charge in [-0.05, 0) is 30.0 Å². The lowest BCUT2D eigenvalue weighted by Crippen LogP contribution is -2.49. The molecule has 0 N–H and O–H groups in total. The Labute approximate surface area is 134 Å². The van der Waals surface area contributed by atoms with Gasteiger partial charge in [0.15, 0.2) is 0 Å². The van der Waals surface area contributed by atoms with Crippen LogP contribution >= 0.6 is 0 Å². The lowest BCUT2D eigenvalue weighted by atomic mass is 10.1. The first-order chi connectivity index (χ1) is 10.6. The van der Waals surface area contributed by atoms with Crippen molar-refractivity contribution >= 4 is 5.91 Å². The van der Waals surface area contributed by atoms with Crippen molar-refractivity contribution < 1.29 is 9.53 Å². The van der Waals surface area contributed by atoms with E-state index < -0.39 is 0 Å². The molecule has 1 aromatic carbocycles. The van der Waals surface area contributed by atoms with E-state index in [0.29, 0.717) is 12.3 Å². The zero-order valence-corrected chi connectivity index (χ0v) is 14.0. The molecule has 0 bridgehead atoms. The van der Waals surface area contributed by atoms with Crippen LogP contribution in [-0.4, -0.2) is 55.5 Å². The van der Waals surface area contributed by atoms with Crippen molar-refractivity contribution in [1.82, 2.24) is 9.80 Å². The van der Waals surface area contributed by atoms with Gasteiger partial charge in [-0.3, -0.25) is 9.69 Å². The molecule has 0 unspecified atom stereocenters. The molecule has 1 amide bonds. The van der Waals surface area contributed by atoms with E-state index in [2.05, 4.69) is 24.8 Å². The zero-order chi connectivity index (χ0) is 15.9. The first kappa shape index (κ1) is 16.8.